The van der Waals surface area contributed by atoms with E-state index in [1.54, 1.807) is 24.3 Å². The number of carbonyl (C=O) groups excluding carboxylic acids is 3. The summed E-state index contributed by atoms with van der Waals surface area (Å²) in [6.45, 7) is 5.32. The van der Waals surface area contributed by atoms with Crippen LogP contribution in [0.2, 0.25) is 0 Å². The van der Waals surface area contributed by atoms with E-state index >= 15 is 0 Å². The molecule has 0 spiro atoms. The van der Waals surface area contributed by atoms with Crippen molar-refractivity contribution in [3.05, 3.63) is 119 Å². The zero-order valence-corrected chi connectivity index (χ0v) is 21.7. The number of Topliss-reactive ketones (excluding diaryl/α,β-unsaturated/α-hetero) is 1. The highest BCUT2D eigenvalue weighted by molar-refractivity contribution is 7.99. The molecule has 0 fully saturated rings. The number of hydrogen-bond acceptors (Lipinski definition) is 6. The van der Waals surface area contributed by atoms with Crippen molar-refractivity contribution in [3.8, 4) is 0 Å². The minimum atomic E-state index is -0.583. The van der Waals surface area contributed by atoms with Gasteiger partial charge in [0, 0.05) is 39.0 Å². The quantitative estimate of drug-likeness (QED) is 0.140. The van der Waals surface area contributed by atoms with E-state index in [0.717, 1.165) is 21.8 Å². The van der Waals surface area contributed by atoms with Gasteiger partial charge in [0.25, 0.3) is 0 Å². The van der Waals surface area contributed by atoms with Crippen molar-refractivity contribution in [2.24, 2.45) is 11.1 Å². The van der Waals surface area contributed by atoms with E-state index in [2.05, 4.69) is 12.1 Å². The summed E-state index contributed by atoms with van der Waals surface area (Å²) in [4.78, 5) is 44.1. The molecular weight excluding hydrogens is 482 g/mol. The lowest BCUT2D eigenvalue weighted by molar-refractivity contribution is -0.140. The van der Waals surface area contributed by atoms with Crippen LogP contribution in [0.15, 0.2) is 117 Å². The van der Waals surface area contributed by atoms with Gasteiger partial charge in [-0.05, 0) is 67.8 Å². The Hall–Kier alpha value is -4.03. The van der Waals surface area contributed by atoms with E-state index in [1.807, 2.05) is 73.7 Å². The number of rotatable bonds is 8. The maximum absolute atomic E-state index is 13.3. The van der Waals surface area contributed by atoms with Gasteiger partial charge in [0.15, 0.2) is 11.5 Å². The Morgan fingerprint density at radius 3 is 1.97 bits per heavy atom. The summed E-state index contributed by atoms with van der Waals surface area (Å²) in [5.41, 5.74) is 3.57. The third-order valence-corrected chi connectivity index (χ3v) is 6.94. The molecule has 0 N–H and O–H groups in total. The normalized spacial score (nSPS) is 15.4. The van der Waals surface area contributed by atoms with Crippen LogP contribution in [0, 0.1) is 5.92 Å². The summed E-state index contributed by atoms with van der Waals surface area (Å²) in [5, 5.41) is 3.91. The first-order valence-electron chi connectivity index (χ1n) is 12.0. The lowest BCUT2D eigenvalue weighted by atomic mass is 9.87. The van der Waals surface area contributed by atoms with E-state index in [-0.39, 0.29) is 17.3 Å². The molecule has 3 aromatic rings. The molecule has 0 heterocycles. The van der Waals surface area contributed by atoms with E-state index in [0.29, 0.717) is 28.2 Å². The van der Waals surface area contributed by atoms with Crippen LogP contribution in [0.3, 0.4) is 0 Å². The molecular formula is C31H27NO4S. The van der Waals surface area contributed by atoms with Crippen molar-refractivity contribution in [3.63, 3.8) is 0 Å². The summed E-state index contributed by atoms with van der Waals surface area (Å²) in [5.74, 6) is -0.537. The average Bonchev–Trinajstić information content (AvgIpc) is 2.90. The maximum atomic E-state index is 13.3. The van der Waals surface area contributed by atoms with Crippen molar-refractivity contribution in [1.82, 2.24) is 0 Å². The van der Waals surface area contributed by atoms with Gasteiger partial charge in [-0.1, -0.05) is 71.9 Å². The fourth-order valence-corrected chi connectivity index (χ4v) is 4.86. The molecule has 6 heteroatoms. The fraction of sp³-hybridized carbons (Fsp3) is 0.161. The highest BCUT2D eigenvalue weighted by Gasteiger charge is 2.23. The fourth-order valence-electron chi connectivity index (χ4n) is 4.05. The Morgan fingerprint density at radius 1 is 0.838 bits per heavy atom. The van der Waals surface area contributed by atoms with Crippen LogP contribution in [-0.2, 0) is 9.63 Å². The topological polar surface area (TPSA) is 72.8 Å². The third-order valence-electron chi connectivity index (χ3n) is 5.92. The van der Waals surface area contributed by atoms with Gasteiger partial charge >= 0.3 is 5.97 Å². The number of oxime groups is 1. The smallest absolute Gasteiger partial charge is 0.318 e. The number of carbonyl (C=O) groups is 3. The molecule has 1 aliphatic rings. The third kappa shape index (κ3) is 6.60. The minimum absolute atomic E-state index is 0.0149. The van der Waals surface area contributed by atoms with Crippen molar-refractivity contribution in [2.45, 2.75) is 37.0 Å². The van der Waals surface area contributed by atoms with Gasteiger partial charge in [0.05, 0.1) is 0 Å². The lowest BCUT2D eigenvalue weighted by Gasteiger charge is -2.18. The first-order chi connectivity index (χ1) is 17.8. The van der Waals surface area contributed by atoms with Gasteiger partial charge in [-0.3, -0.25) is 9.59 Å². The first kappa shape index (κ1) is 26.0. The van der Waals surface area contributed by atoms with Crippen molar-refractivity contribution < 1.29 is 19.2 Å². The Kier molecular flexibility index (Phi) is 8.31. The standard InChI is InChI=1S/C31H27NO4S/c1-20-9-18-28(21(2)19-20)29(32-36-22(3)33)31(35)25-12-16-27(17-13-25)37-26-14-10-24(11-15-26)30(34)23-7-5-4-6-8-23/h4-18,20H,19H2,1-3H3/b32-29+. The molecule has 1 unspecified atom stereocenters. The predicted molar refractivity (Wildman–Crippen MR) is 146 cm³/mol. The molecule has 1 atom stereocenters. The highest BCUT2D eigenvalue weighted by Crippen LogP contribution is 2.29. The van der Waals surface area contributed by atoms with Crippen molar-refractivity contribution >= 4 is 35.0 Å². The summed E-state index contributed by atoms with van der Waals surface area (Å²) >= 11 is 1.53. The van der Waals surface area contributed by atoms with Crippen LogP contribution in [0.1, 0.15) is 53.5 Å². The molecule has 0 amide bonds. The first-order valence-corrected chi connectivity index (χ1v) is 12.8. The number of hydrogen-bond donors (Lipinski definition) is 0. The largest absolute Gasteiger partial charge is 0.332 e. The zero-order valence-electron chi connectivity index (χ0n) is 20.9. The molecule has 37 heavy (non-hydrogen) atoms. The Labute approximate surface area is 220 Å². The SMILES string of the molecule is CC(=O)O/N=C(/C(=O)c1ccc(Sc2ccc(C(=O)c3ccccc3)cc2)cc1)C1=C(C)CC(C)C=C1. The zero-order chi connectivity index (χ0) is 26.4. The van der Waals surface area contributed by atoms with Gasteiger partial charge < -0.3 is 4.84 Å². The molecule has 0 aliphatic heterocycles. The highest BCUT2D eigenvalue weighted by atomic mass is 32.2. The average molecular weight is 510 g/mol. The second-order valence-electron chi connectivity index (χ2n) is 8.93. The number of nitrogens with zero attached hydrogens (tertiary/aromatic N) is 1. The van der Waals surface area contributed by atoms with E-state index < -0.39 is 5.97 Å². The molecule has 1 aliphatic carbocycles. The number of allylic oxidation sites excluding steroid dienone is 4. The summed E-state index contributed by atoms with van der Waals surface area (Å²) in [6, 6.07) is 23.9. The molecule has 0 saturated carbocycles. The summed E-state index contributed by atoms with van der Waals surface area (Å²) < 4.78 is 0. The lowest BCUT2D eigenvalue weighted by Crippen LogP contribution is -2.20. The molecule has 0 aromatic heterocycles. The minimum Gasteiger partial charge on any atom is -0.318 e. The monoisotopic (exact) mass is 509 g/mol. The van der Waals surface area contributed by atoms with E-state index in [9.17, 15) is 14.4 Å². The van der Waals surface area contributed by atoms with Gasteiger partial charge in [-0.2, -0.15) is 0 Å². The summed E-state index contributed by atoms with van der Waals surface area (Å²) in [7, 11) is 0. The Balaban J connectivity index is 1.49. The predicted octanol–water partition coefficient (Wildman–Crippen LogP) is 7.08. The molecule has 186 valence electrons. The second-order valence-corrected chi connectivity index (χ2v) is 10.1. The van der Waals surface area contributed by atoms with Gasteiger partial charge in [0.1, 0.15) is 0 Å². The van der Waals surface area contributed by atoms with Gasteiger partial charge in [-0.25, -0.2) is 4.79 Å². The summed E-state index contributed by atoms with van der Waals surface area (Å²) in [6.07, 6.45) is 4.71. The molecule has 4 rings (SSSR count). The van der Waals surface area contributed by atoms with E-state index in [1.165, 1.54) is 18.7 Å². The van der Waals surface area contributed by atoms with Crippen LogP contribution < -0.4 is 0 Å². The van der Waals surface area contributed by atoms with Gasteiger partial charge in [-0.15, -0.1) is 0 Å². The van der Waals surface area contributed by atoms with Gasteiger partial charge in [0.2, 0.25) is 5.78 Å². The van der Waals surface area contributed by atoms with Crippen molar-refractivity contribution in [1.29, 1.82) is 0 Å². The van der Waals surface area contributed by atoms with Crippen molar-refractivity contribution in [2.75, 3.05) is 0 Å². The molecule has 0 saturated heterocycles. The van der Waals surface area contributed by atoms with Crippen LogP contribution in [0.5, 0.6) is 0 Å². The Bertz CT molecular complexity index is 1400. The molecule has 0 bridgehead atoms. The maximum Gasteiger partial charge on any atom is 0.332 e. The molecule has 5 nitrogen and oxygen atoms in total. The van der Waals surface area contributed by atoms with Crippen LogP contribution in [0.25, 0.3) is 0 Å². The van der Waals surface area contributed by atoms with Crippen LogP contribution in [0.4, 0.5) is 0 Å². The number of benzene rings is 3. The Morgan fingerprint density at radius 2 is 1.41 bits per heavy atom. The molecule has 3 aromatic carbocycles. The second kappa shape index (κ2) is 11.8. The van der Waals surface area contributed by atoms with E-state index in [4.69, 9.17) is 4.84 Å². The van der Waals surface area contributed by atoms with Crippen LogP contribution in [-0.4, -0.2) is 23.2 Å². The molecule has 0 radical (unpaired) electrons. The number of ketones is 2. The van der Waals surface area contributed by atoms with Crippen LogP contribution >= 0.6 is 11.8 Å².